The number of benzene rings is 4. The Morgan fingerprint density at radius 2 is 1.24 bits per heavy atom. The zero-order chi connectivity index (χ0) is 22.8. The summed E-state index contributed by atoms with van der Waals surface area (Å²) < 4.78 is 4.55. The van der Waals surface area contributed by atoms with Gasteiger partial charge in [0, 0.05) is 27.3 Å². The summed E-state index contributed by atoms with van der Waals surface area (Å²) in [4.78, 5) is 0. The monoisotopic (exact) mass is 555 g/mol. The zero-order valence-electron chi connectivity index (χ0n) is 18.3. The third kappa shape index (κ3) is 4.36. The molecule has 5 rings (SSSR count). The summed E-state index contributed by atoms with van der Waals surface area (Å²) in [7, 11) is 0. The highest BCUT2D eigenvalue weighted by Crippen LogP contribution is 2.41. The normalized spacial score (nSPS) is 12.0. The van der Waals surface area contributed by atoms with Crippen molar-refractivity contribution in [1.82, 2.24) is 4.57 Å². The highest BCUT2D eigenvalue weighted by atomic mass is 79.9. The van der Waals surface area contributed by atoms with Gasteiger partial charge < -0.3 is 4.57 Å². The second-order valence-electron chi connectivity index (χ2n) is 8.00. The fourth-order valence-corrected chi connectivity index (χ4v) is 5.38. The summed E-state index contributed by atoms with van der Waals surface area (Å²) in [5.74, 6) is 0. The Morgan fingerprint density at radius 1 is 0.636 bits per heavy atom. The van der Waals surface area contributed by atoms with Gasteiger partial charge in [-0.05, 0) is 79.2 Å². The van der Waals surface area contributed by atoms with Crippen LogP contribution in [-0.2, 0) is 6.54 Å². The van der Waals surface area contributed by atoms with Crippen LogP contribution in [-0.4, -0.2) is 4.57 Å². The lowest BCUT2D eigenvalue weighted by atomic mass is 10.1. The van der Waals surface area contributed by atoms with Crippen molar-refractivity contribution < 1.29 is 0 Å². The number of aromatic nitrogens is 1. The van der Waals surface area contributed by atoms with Gasteiger partial charge in [-0.1, -0.05) is 91.0 Å². The van der Waals surface area contributed by atoms with Gasteiger partial charge in [0.2, 0.25) is 0 Å². The molecule has 0 aliphatic rings. The van der Waals surface area contributed by atoms with Gasteiger partial charge in [0.25, 0.3) is 0 Å². The molecular formula is C30H23Br2N. The second-order valence-corrected chi connectivity index (χ2v) is 9.58. The van der Waals surface area contributed by atoms with Crippen molar-refractivity contribution >= 4 is 78.0 Å². The van der Waals surface area contributed by atoms with Gasteiger partial charge in [0.05, 0.1) is 9.99 Å². The number of nitrogens with zero attached hydrogens (tertiary/aromatic N) is 1. The molecule has 1 aromatic heterocycles. The van der Waals surface area contributed by atoms with Gasteiger partial charge in [-0.25, -0.2) is 0 Å². The van der Waals surface area contributed by atoms with Gasteiger partial charge in [-0.3, -0.25) is 0 Å². The molecule has 0 aliphatic carbocycles. The second kappa shape index (κ2) is 9.54. The van der Waals surface area contributed by atoms with E-state index in [2.05, 4.69) is 140 Å². The smallest absolute Gasteiger partial charge is 0.0647 e. The maximum Gasteiger partial charge on any atom is 0.0647 e. The van der Waals surface area contributed by atoms with E-state index in [-0.39, 0.29) is 0 Å². The third-order valence-corrected chi connectivity index (χ3v) is 8.08. The molecule has 0 N–H and O–H groups in total. The number of hydrogen-bond acceptors (Lipinski definition) is 0. The molecule has 0 bridgehead atoms. The van der Waals surface area contributed by atoms with E-state index in [0.29, 0.717) is 0 Å². The lowest BCUT2D eigenvalue weighted by molar-refractivity contribution is 0.825. The van der Waals surface area contributed by atoms with Crippen LogP contribution in [0.25, 0.3) is 46.1 Å². The van der Waals surface area contributed by atoms with Crippen molar-refractivity contribution in [1.29, 1.82) is 0 Å². The minimum atomic E-state index is 0.906. The Kier molecular flexibility index (Phi) is 6.34. The Labute approximate surface area is 211 Å². The molecular weight excluding hydrogens is 534 g/mol. The van der Waals surface area contributed by atoms with E-state index < -0.39 is 0 Å². The fraction of sp³-hybridized carbons (Fsp3) is 0.0667. The Morgan fingerprint density at radius 3 is 1.88 bits per heavy atom. The van der Waals surface area contributed by atoms with E-state index in [0.717, 1.165) is 21.1 Å². The molecule has 0 unspecified atom stereocenters. The first kappa shape index (κ1) is 21.9. The Hall–Kier alpha value is -2.88. The molecule has 0 amide bonds. The Bertz CT molecular complexity index is 1490. The number of fused-ring (bicyclic) bond motifs is 3. The summed E-state index contributed by atoms with van der Waals surface area (Å²) in [6, 6.07) is 29.9. The molecule has 33 heavy (non-hydrogen) atoms. The van der Waals surface area contributed by atoms with Crippen LogP contribution in [0.5, 0.6) is 0 Å². The van der Waals surface area contributed by atoms with Crippen LogP contribution in [0.2, 0.25) is 0 Å². The molecule has 0 fully saturated rings. The van der Waals surface area contributed by atoms with E-state index in [4.69, 9.17) is 0 Å². The number of rotatable bonds is 5. The number of halogens is 2. The third-order valence-electron chi connectivity index (χ3n) is 5.92. The minimum absolute atomic E-state index is 0.906. The largest absolute Gasteiger partial charge is 0.340 e. The summed E-state index contributed by atoms with van der Waals surface area (Å²) in [6.07, 6.45) is 8.69. The highest BCUT2D eigenvalue weighted by molar-refractivity contribution is 9.13. The molecule has 0 aliphatic heterocycles. The van der Waals surface area contributed by atoms with Crippen molar-refractivity contribution in [2.24, 2.45) is 0 Å². The molecule has 4 aromatic carbocycles. The van der Waals surface area contributed by atoms with Gasteiger partial charge in [-0.2, -0.15) is 0 Å². The van der Waals surface area contributed by atoms with Gasteiger partial charge in [0.15, 0.2) is 0 Å². The van der Waals surface area contributed by atoms with E-state index in [9.17, 15) is 0 Å². The van der Waals surface area contributed by atoms with Crippen molar-refractivity contribution in [2.75, 3.05) is 0 Å². The first-order chi connectivity index (χ1) is 16.2. The lowest BCUT2D eigenvalue weighted by Crippen LogP contribution is -1.94. The molecule has 3 heteroatoms. The molecule has 0 saturated heterocycles. The van der Waals surface area contributed by atoms with Gasteiger partial charge >= 0.3 is 0 Å². The van der Waals surface area contributed by atoms with Crippen molar-refractivity contribution in [2.45, 2.75) is 13.5 Å². The van der Waals surface area contributed by atoms with Crippen LogP contribution in [0.1, 0.15) is 29.2 Å². The number of aryl methyl sites for hydroxylation is 1. The molecule has 5 aromatic rings. The average Bonchev–Trinajstić information content (AvgIpc) is 3.18. The quantitative estimate of drug-likeness (QED) is 0.190. The van der Waals surface area contributed by atoms with Crippen LogP contribution >= 0.6 is 31.9 Å². The first-order valence-electron chi connectivity index (χ1n) is 11.1. The standard InChI is InChI=1S/C30H23Br2N/c1-2-33-27-18-16-23(14-13-21-9-5-3-6-10-21)19-25(27)26-20-24(28(31)29(32)30(26)33)17-15-22-11-7-4-8-12-22/h3-20H,2H2,1H3. The van der Waals surface area contributed by atoms with E-state index in [1.165, 1.54) is 38.5 Å². The highest BCUT2D eigenvalue weighted by Gasteiger charge is 2.17. The molecule has 0 radical (unpaired) electrons. The predicted octanol–water partition coefficient (Wildman–Crippen LogP) is 9.68. The Balaban J connectivity index is 1.66. The van der Waals surface area contributed by atoms with Crippen LogP contribution in [0.15, 0.2) is 93.9 Å². The molecule has 0 atom stereocenters. The molecule has 1 heterocycles. The van der Waals surface area contributed by atoms with Crippen LogP contribution in [0, 0.1) is 0 Å². The maximum absolute atomic E-state index is 3.89. The predicted molar refractivity (Wildman–Crippen MR) is 151 cm³/mol. The van der Waals surface area contributed by atoms with Crippen molar-refractivity contribution in [3.63, 3.8) is 0 Å². The molecule has 0 saturated carbocycles. The summed E-state index contributed by atoms with van der Waals surface area (Å²) in [5, 5.41) is 2.52. The van der Waals surface area contributed by atoms with Gasteiger partial charge in [-0.15, -0.1) is 0 Å². The zero-order valence-corrected chi connectivity index (χ0v) is 21.5. The van der Waals surface area contributed by atoms with Gasteiger partial charge in [0.1, 0.15) is 0 Å². The topological polar surface area (TPSA) is 4.93 Å². The molecule has 0 spiro atoms. The summed E-state index contributed by atoms with van der Waals surface area (Å²) >= 11 is 7.73. The van der Waals surface area contributed by atoms with Crippen molar-refractivity contribution in [3.8, 4) is 0 Å². The summed E-state index contributed by atoms with van der Waals surface area (Å²) in [5.41, 5.74) is 7.21. The minimum Gasteiger partial charge on any atom is -0.340 e. The van der Waals surface area contributed by atoms with Crippen LogP contribution < -0.4 is 0 Å². The van der Waals surface area contributed by atoms with Crippen molar-refractivity contribution in [3.05, 3.63) is 116 Å². The van der Waals surface area contributed by atoms with Crippen LogP contribution in [0.4, 0.5) is 0 Å². The summed E-state index contributed by atoms with van der Waals surface area (Å²) in [6.45, 7) is 3.11. The van der Waals surface area contributed by atoms with E-state index in [1.807, 2.05) is 12.1 Å². The number of hydrogen-bond donors (Lipinski definition) is 0. The van der Waals surface area contributed by atoms with E-state index in [1.54, 1.807) is 0 Å². The SMILES string of the molecule is CCn1c2ccc(C=Cc3ccccc3)cc2c2cc(C=Cc3ccccc3)c(Br)c(Br)c21. The lowest BCUT2D eigenvalue weighted by Gasteiger charge is -2.08. The van der Waals surface area contributed by atoms with E-state index >= 15 is 0 Å². The maximum atomic E-state index is 3.89. The average molecular weight is 557 g/mol. The molecule has 162 valence electrons. The molecule has 1 nitrogen and oxygen atoms in total. The fourth-order valence-electron chi connectivity index (χ4n) is 4.29. The first-order valence-corrected chi connectivity index (χ1v) is 12.6. The van der Waals surface area contributed by atoms with Crippen LogP contribution in [0.3, 0.4) is 0 Å².